The average molecular weight is 340 g/mol. The van der Waals surface area contributed by atoms with Crippen molar-refractivity contribution in [1.82, 2.24) is 0 Å². The molecule has 59 valence electrons. The standard InChI is InChI=1S/C6H13NO2.Bi/c1-3-4(2)5(7)6(8)9;/h4-5H,3,7H2,1-2H3,(H,8,9);/t4-,5-;/m0./s1. The Morgan fingerprint density at radius 1 is 1.70 bits per heavy atom. The van der Waals surface area contributed by atoms with E-state index >= 15 is 0 Å². The zero-order valence-corrected chi connectivity index (χ0v) is 9.72. The minimum absolute atomic E-state index is 0. The number of hydrogen-bond acceptors (Lipinski definition) is 2. The Morgan fingerprint density at radius 2 is 2.10 bits per heavy atom. The summed E-state index contributed by atoms with van der Waals surface area (Å²) in [6, 6.07) is -0.699. The van der Waals surface area contributed by atoms with Gasteiger partial charge in [0, 0.05) is 26.2 Å². The molecule has 3 nitrogen and oxygen atoms in total. The van der Waals surface area contributed by atoms with Gasteiger partial charge in [0.05, 0.1) is 0 Å². The van der Waals surface area contributed by atoms with Gasteiger partial charge in [0.1, 0.15) is 6.04 Å². The van der Waals surface area contributed by atoms with Gasteiger partial charge < -0.3 is 10.8 Å². The molecule has 0 aliphatic carbocycles. The molecule has 0 saturated heterocycles. The van der Waals surface area contributed by atoms with Crippen LogP contribution in [0.5, 0.6) is 0 Å². The SMILES string of the molecule is CC[C@H](C)[C@H](N)C(=O)O.[Bi]. The molecule has 0 heterocycles. The minimum Gasteiger partial charge on any atom is -0.480 e. The molecule has 0 aromatic rings. The van der Waals surface area contributed by atoms with Gasteiger partial charge in [-0.25, -0.2) is 0 Å². The van der Waals surface area contributed by atoms with E-state index in [1.54, 1.807) is 0 Å². The number of rotatable bonds is 3. The molecule has 0 aliphatic heterocycles. The summed E-state index contributed by atoms with van der Waals surface area (Å²) in [7, 11) is 0. The summed E-state index contributed by atoms with van der Waals surface area (Å²) in [6.45, 7) is 3.76. The van der Waals surface area contributed by atoms with Gasteiger partial charge in [-0.3, -0.25) is 4.79 Å². The molecule has 0 rings (SSSR count). The Bertz CT molecular complexity index is 108. The first-order valence-electron chi connectivity index (χ1n) is 3.08. The van der Waals surface area contributed by atoms with Gasteiger partial charge >= 0.3 is 5.97 Å². The van der Waals surface area contributed by atoms with Crippen molar-refractivity contribution >= 4 is 32.2 Å². The topological polar surface area (TPSA) is 63.3 Å². The predicted octanol–water partition coefficient (Wildman–Crippen LogP) is 0.0636. The van der Waals surface area contributed by atoms with Crippen molar-refractivity contribution in [1.29, 1.82) is 0 Å². The van der Waals surface area contributed by atoms with Crippen LogP contribution >= 0.6 is 0 Å². The summed E-state index contributed by atoms with van der Waals surface area (Å²) in [5.74, 6) is -0.841. The fourth-order valence-corrected chi connectivity index (χ4v) is 0.497. The van der Waals surface area contributed by atoms with Crippen molar-refractivity contribution < 1.29 is 9.90 Å². The first kappa shape index (κ1) is 12.9. The van der Waals surface area contributed by atoms with Crippen LogP contribution < -0.4 is 5.73 Å². The molecule has 10 heavy (non-hydrogen) atoms. The van der Waals surface area contributed by atoms with Crippen molar-refractivity contribution in [2.24, 2.45) is 11.7 Å². The Hall–Kier alpha value is 0.313. The summed E-state index contributed by atoms with van der Waals surface area (Å²) >= 11 is 0. The number of aliphatic carboxylic acids is 1. The molecule has 3 radical (unpaired) electrons. The maximum Gasteiger partial charge on any atom is 0.320 e. The molecule has 4 heteroatoms. The molecule has 0 amide bonds. The van der Waals surface area contributed by atoms with E-state index in [2.05, 4.69) is 0 Å². The van der Waals surface area contributed by atoms with Crippen molar-refractivity contribution in [3.05, 3.63) is 0 Å². The van der Waals surface area contributed by atoms with Crippen LogP contribution in [0.2, 0.25) is 0 Å². The first-order chi connectivity index (χ1) is 4.09. The van der Waals surface area contributed by atoms with E-state index in [0.29, 0.717) is 0 Å². The van der Waals surface area contributed by atoms with Gasteiger partial charge in [0.2, 0.25) is 0 Å². The van der Waals surface area contributed by atoms with Gasteiger partial charge in [-0.05, 0) is 5.92 Å². The van der Waals surface area contributed by atoms with Crippen LogP contribution in [0.25, 0.3) is 0 Å². The molecule has 0 spiro atoms. The smallest absolute Gasteiger partial charge is 0.320 e. The van der Waals surface area contributed by atoms with Crippen LogP contribution in [-0.4, -0.2) is 43.3 Å². The number of carbonyl (C=O) groups is 1. The first-order valence-corrected chi connectivity index (χ1v) is 3.08. The molecule has 0 saturated carbocycles. The van der Waals surface area contributed by atoms with Crippen LogP contribution in [0.4, 0.5) is 0 Å². The average Bonchev–Trinajstić information content (AvgIpc) is 1.84. The fourth-order valence-electron chi connectivity index (χ4n) is 0.497. The maximum atomic E-state index is 10.2. The molecule has 0 aromatic heterocycles. The molecule has 2 atom stereocenters. The van der Waals surface area contributed by atoms with Crippen LogP contribution in [0.1, 0.15) is 20.3 Å². The normalized spacial score (nSPS) is 15.1. The summed E-state index contributed by atoms with van der Waals surface area (Å²) in [5.41, 5.74) is 5.27. The number of hydrogen-bond donors (Lipinski definition) is 2. The third kappa shape index (κ3) is 4.18. The second-order valence-electron chi connectivity index (χ2n) is 2.25. The van der Waals surface area contributed by atoms with Gasteiger partial charge in [-0.2, -0.15) is 0 Å². The van der Waals surface area contributed by atoms with Gasteiger partial charge in [0.25, 0.3) is 0 Å². The molecule has 0 aliphatic rings. The van der Waals surface area contributed by atoms with E-state index in [0.717, 1.165) is 6.42 Å². The Morgan fingerprint density at radius 3 is 2.20 bits per heavy atom. The summed E-state index contributed by atoms with van der Waals surface area (Å²) < 4.78 is 0. The van der Waals surface area contributed by atoms with Crippen LogP contribution in [0.15, 0.2) is 0 Å². The second kappa shape index (κ2) is 6.05. The minimum atomic E-state index is -0.913. The molecule has 0 aromatic carbocycles. The van der Waals surface area contributed by atoms with Gasteiger partial charge in [0.15, 0.2) is 0 Å². The molecule has 0 fully saturated rings. The Kier molecular flexibility index (Phi) is 7.83. The largest absolute Gasteiger partial charge is 0.480 e. The quantitative estimate of drug-likeness (QED) is 0.715. The molecule has 0 bridgehead atoms. The van der Waals surface area contributed by atoms with E-state index in [1.807, 2.05) is 13.8 Å². The molecular formula is C6H13BiNO2. The Labute approximate surface area is 80.1 Å². The van der Waals surface area contributed by atoms with E-state index in [1.165, 1.54) is 0 Å². The van der Waals surface area contributed by atoms with E-state index in [-0.39, 0.29) is 32.1 Å². The second-order valence-corrected chi connectivity index (χ2v) is 2.25. The van der Waals surface area contributed by atoms with Crippen LogP contribution in [-0.2, 0) is 4.79 Å². The van der Waals surface area contributed by atoms with E-state index < -0.39 is 12.0 Å². The number of nitrogens with two attached hydrogens (primary N) is 1. The fraction of sp³-hybridized carbons (Fsp3) is 0.833. The summed E-state index contributed by atoms with van der Waals surface area (Å²) in [5, 5.41) is 8.36. The predicted molar refractivity (Wildman–Crippen MR) is 40.8 cm³/mol. The third-order valence-corrected chi connectivity index (χ3v) is 1.54. The Balaban J connectivity index is 0. The number of carboxylic acid groups (broad SMARTS) is 1. The summed E-state index contributed by atoms with van der Waals surface area (Å²) in [4.78, 5) is 10.2. The van der Waals surface area contributed by atoms with Crippen molar-refractivity contribution in [2.75, 3.05) is 0 Å². The molecular weight excluding hydrogens is 327 g/mol. The molecule has 3 N–H and O–H groups in total. The monoisotopic (exact) mass is 340 g/mol. The zero-order chi connectivity index (χ0) is 7.44. The van der Waals surface area contributed by atoms with Crippen molar-refractivity contribution in [2.45, 2.75) is 26.3 Å². The van der Waals surface area contributed by atoms with E-state index in [9.17, 15) is 4.79 Å². The molecule has 0 unspecified atom stereocenters. The zero-order valence-electron chi connectivity index (χ0n) is 6.24. The third-order valence-electron chi connectivity index (χ3n) is 1.54. The maximum absolute atomic E-state index is 10.2. The van der Waals surface area contributed by atoms with Gasteiger partial charge in [-0.15, -0.1) is 0 Å². The van der Waals surface area contributed by atoms with E-state index in [4.69, 9.17) is 10.8 Å². The van der Waals surface area contributed by atoms with Crippen molar-refractivity contribution in [3.63, 3.8) is 0 Å². The number of carboxylic acids is 1. The summed E-state index contributed by atoms with van der Waals surface area (Å²) in [6.07, 6.45) is 0.813. The van der Waals surface area contributed by atoms with Gasteiger partial charge in [-0.1, -0.05) is 20.3 Å². The van der Waals surface area contributed by atoms with Crippen LogP contribution in [0, 0.1) is 5.92 Å². The van der Waals surface area contributed by atoms with Crippen molar-refractivity contribution in [3.8, 4) is 0 Å². The van der Waals surface area contributed by atoms with Crippen LogP contribution in [0.3, 0.4) is 0 Å².